The van der Waals surface area contributed by atoms with E-state index in [1.165, 1.54) is 25.7 Å². The Balaban J connectivity index is 1.74. The van der Waals surface area contributed by atoms with Crippen LogP contribution >= 0.6 is 0 Å². The number of fused-ring (bicyclic) bond motifs is 1. The van der Waals surface area contributed by atoms with E-state index in [1.807, 2.05) is 6.08 Å². The predicted octanol–water partition coefficient (Wildman–Crippen LogP) is 2.74. The first-order chi connectivity index (χ1) is 10.8. The van der Waals surface area contributed by atoms with Crippen molar-refractivity contribution in [2.75, 3.05) is 27.1 Å². The van der Waals surface area contributed by atoms with Crippen molar-refractivity contribution in [2.45, 2.75) is 51.0 Å². The van der Waals surface area contributed by atoms with Crippen LogP contribution in [0.3, 0.4) is 0 Å². The zero-order chi connectivity index (χ0) is 15.8. The fraction of sp³-hybridized carbons (Fsp3) is 0.889. The summed E-state index contributed by atoms with van der Waals surface area (Å²) < 4.78 is 10.1. The lowest BCUT2D eigenvalue weighted by Crippen LogP contribution is -2.17. The number of hydrogen-bond acceptors (Lipinski definition) is 4. The van der Waals surface area contributed by atoms with E-state index in [-0.39, 0.29) is 6.10 Å². The summed E-state index contributed by atoms with van der Waals surface area (Å²) in [5.74, 6) is 2.48. The summed E-state index contributed by atoms with van der Waals surface area (Å²) in [5, 5.41) is 19.1. The monoisotopic (exact) mass is 312 g/mol. The molecule has 0 amide bonds. The molecule has 0 radical (unpaired) electrons. The zero-order valence-electron chi connectivity index (χ0n) is 13.8. The lowest BCUT2D eigenvalue weighted by Gasteiger charge is -2.18. The maximum Gasteiger partial charge on any atom is 0.146 e. The van der Waals surface area contributed by atoms with Crippen molar-refractivity contribution in [3.63, 3.8) is 0 Å². The molecule has 2 aliphatic carbocycles. The summed E-state index contributed by atoms with van der Waals surface area (Å²) >= 11 is 0. The van der Waals surface area contributed by atoms with Gasteiger partial charge in [0.15, 0.2) is 0 Å². The van der Waals surface area contributed by atoms with Gasteiger partial charge in [0.2, 0.25) is 0 Å². The molecule has 5 atom stereocenters. The second-order valence-corrected chi connectivity index (χ2v) is 6.92. The van der Waals surface area contributed by atoms with Gasteiger partial charge in [-0.25, -0.2) is 0 Å². The molecule has 1 unspecified atom stereocenters. The lowest BCUT2D eigenvalue weighted by atomic mass is 9.89. The Hall–Kier alpha value is -0.420. The van der Waals surface area contributed by atoms with E-state index in [0.717, 1.165) is 25.2 Å². The van der Waals surface area contributed by atoms with Gasteiger partial charge in [0.25, 0.3) is 0 Å². The van der Waals surface area contributed by atoms with Gasteiger partial charge in [-0.3, -0.25) is 0 Å². The summed E-state index contributed by atoms with van der Waals surface area (Å²) in [4.78, 5) is 0. The SMILES string of the molecule is COCOC/C=C/[C@@H]1[C@H]2CC(CCCCCO)C[C@H]2C[C@H]1O. The van der Waals surface area contributed by atoms with Gasteiger partial charge < -0.3 is 19.7 Å². The Labute approximate surface area is 134 Å². The predicted molar refractivity (Wildman–Crippen MR) is 86.3 cm³/mol. The Kier molecular flexibility index (Phi) is 7.87. The average Bonchev–Trinajstić information content (AvgIpc) is 3.01. The van der Waals surface area contributed by atoms with Crippen molar-refractivity contribution >= 4 is 0 Å². The Morgan fingerprint density at radius 2 is 2.00 bits per heavy atom. The molecule has 0 aromatic carbocycles. The minimum absolute atomic E-state index is 0.177. The molecule has 128 valence electrons. The third-order valence-corrected chi connectivity index (χ3v) is 5.37. The van der Waals surface area contributed by atoms with Crippen molar-refractivity contribution in [1.82, 2.24) is 0 Å². The van der Waals surface area contributed by atoms with E-state index < -0.39 is 0 Å². The number of unbranched alkanes of at least 4 members (excludes halogenated alkanes) is 2. The molecule has 2 fully saturated rings. The highest BCUT2D eigenvalue weighted by atomic mass is 16.7. The van der Waals surface area contributed by atoms with Crippen molar-refractivity contribution in [1.29, 1.82) is 0 Å². The molecule has 2 N–H and O–H groups in total. The molecular weight excluding hydrogens is 280 g/mol. The maximum atomic E-state index is 10.3. The van der Waals surface area contributed by atoms with Crippen molar-refractivity contribution in [3.05, 3.63) is 12.2 Å². The van der Waals surface area contributed by atoms with Crippen LogP contribution in [-0.4, -0.2) is 43.4 Å². The molecule has 0 bridgehead atoms. The van der Waals surface area contributed by atoms with Gasteiger partial charge in [-0.15, -0.1) is 0 Å². The van der Waals surface area contributed by atoms with Crippen molar-refractivity contribution in [2.24, 2.45) is 23.7 Å². The first-order valence-corrected chi connectivity index (χ1v) is 8.78. The highest BCUT2D eigenvalue weighted by Crippen LogP contribution is 2.51. The minimum Gasteiger partial charge on any atom is -0.396 e. The van der Waals surface area contributed by atoms with E-state index in [1.54, 1.807) is 7.11 Å². The van der Waals surface area contributed by atoms with Gasteiger partial charge in [0.1, 0.15) is 6.79 Å². The van der Waals surface area contributed by atoms with Gasteiger partial charge in [0, 0.05) is 19.6 Å². The number of methoxy groups -OCH3 is 1. The Morgan fingerprint density at radius 1 is 1.14 bits per heavy atom. The largest absolute Gasteiger partial charge is 0.396 e. The number of aliphatic hydroxyl groups is 2. The fourth-order valence-corrected chi connectivity index (χ4v) is 4.41. The zero-order valence-corrected chi connectivity index (χ0v) is 13.8. The molecule has 0 aliphatic heterocycles. The van der Waals surface area contributed by atoms with E-state index in [2.05, 4.69) is 6.08 Å². The van der Waals surface area contributed by atoms with Crippen LogP contribution in [0, 0.1) is 23.7 Å². The highest BCUT2D eigenvalue weighted by molar-refractivity contribution is 5.05. The summed E-state index contributed by atoms with van der Waals surface area (Å²) in [7, 11) is 1.62. The molecule has 2 saturated carbocycles. The normalized spacial score (nSPS) is 34.6. The quantitative estimate of drug-likeness (QED) is 0.370. The van der Waals surface area contributed by atoms with Crippen LogP contribution in [0.25, 0.3) is 0 Å². The van der Waals surface area contributed by atoms with Crippen molar-refractivity contribution in [3.8, 4) is 0 Å². The van der Waals surface area contributed by atoms with Crippen molar-refractivity contribution < 1.29 is 19.7 Å². The van der Waals surface area contributed by atoms with E-state index >= 15 is 0 Å². The summed E-state index contributed by atoms with van der Waals surface area (Å²) in [6.45, 7) is 1.19. The van der Waals surface area contributed by atoms with Crippen LogP contribution in [0.4, 0.5) is 0 Å². The van der Waals surface area contributed by atoms with Gasteiger partial charge in [-0.2, -0.15) is 0 Å². The van der Waals surface area contributed by atoms with Crippen LogP contribution in [0.5, 0.6) is 0 Å². The van der Waals surface area contributed by atoms with Gasteiger partial charge in [-0.1, -0.05) is 31.4 Å². The Bertz CT molecular complexity index is 331. The lowest BCUT2D eigenvalue weighted by molar-refractivity contribution is -0.0188. The van der Waals surface area contributed by atoms with Crippen LogP contribution in [0.2, 0.25) is 0 Å². The molecule has 2 aliphatic rings. The topological polar surface area (TPSA) is 58.9 Å². The van der Waals surface area contributed by atoms with Crippen LogP contribution in [-0.2, 0) is 9.47 Å². The molecule has 0 aromatic rings. The van der Waals surface area contributed by atoms with Gasteiger partial charge in [0.05, 0.1) is 12.7 Å². The molecule has 0 saturated heterocycles. The standard InChI is InChI=1S/C18H32O4/c1-21-13-22-9-5-7-16-17-11-14(6-3-2-4-8-19)10-15(17)12-18(16)20/h5,7,14-20H,2-4,6,8-13H2,1H3/b7-5+/t14?,15-,16+,17-,18+/m0/s1. The van der Waals surface area contributed by atoms with Crippen LogP contribution in [0.15, 0.2) is 12.2 Å². The van der Waals surface area contributed by atoms with E-state index in [4.69, 9.17) is 14.6 Å². The second kappa shape index (κ2) is 9.66. The third-order valence-electron chi connectivity index (χ3n) is 5.37. The van der Waals surface area contributed by atoms with Gasteiger partial charge >= 0.3 is 0 Å². The Morgan fingerprint density at radius 3 is 2.77 bits per heavy atom. The smallest absolute Gasteiger partial charge is 0.146 e. The highest BCUT2D eigenvalue weighted by Gasteiger charge is 2.46. The van der Waals surface area contributed by atoms with Crippen LogP contribution < -0.4 is 0 Å². The summed E-state index contributed by atoms with van der Waals surface area (Å²) in [6, 6.07) is 0. The first kappa shape index (κ1) is 17.9. The number of hydrogen-bond donors (Lipinski definition) is 2. The minimum atomic E-state index is -0.177. The number of rotatable bonds is 10. The molecular formula is C18H32O4. The van der Waals surface area contributed by atoms with Gasteiger partial charge in [-0.05, 0) is 43.4 Å². The fourth-order valence-electron chi connectivity index (χ4n) is 4.41. The maximum absolute atomic E-state index is 10.3. The molecule has 4 heteroatoms. The molecule has 0 spiro atoms. The molecule has 22 heavy (non-hydrogen) atoms. The van der Waals surface area contributed by atoms with E-state index in [0.29, 0.717) is 37.8 Å². The third kappa shape index (κ3) is 5.05. The van der Waals surface area contributed by atoms with E-state index in [9.17, 15) is 5.11 Å². The second-order valence-electron chi connectivity index (χ2n) is 6.92. The molecule has 2 rings (SSSR count). The molecule has 0 heterocycles. The number of ether oxygens (including phenoxy) is 2. The average molecular weight is 312 g/mol. The number of aliphatic hydroxyl groups excluding tert-OH is 2. The summed E-state index contributed by atoms with van der Waals surface area (Å²) in [5.41, 5.74) is 0. The first-order valence-electron chi connectivity index (χ1n) is 8.78. The molecule has 4 nitrogen and oxygen atoms in total. The van der Waals surface area contributed by atoms with Crippen LogP contribution in [0.1, 0.15) is 44.9 Å². The molecule has 0 aromatic heterocycles. The summed E-state index contributed by atoms with van der Waals surface area (Å²) in [6.07, 6.45) is 12.1.